The predicted molar refractivity (Wildman–Crippen MR) is 61.2 cm³/mol. The second-order valence-corrected chi connectivity index (χ2v) is 4.21. The van der Waals surface area contributed by atoms with Crippen LogP contribution in [0.2, 0.25) is 0 Å². The summed E-state index contributed by atoms with van der Waals surface area (Å²) >= 11 is 0. The van der Waals surface area contributed by atoms with Crippen LogP contribution >= 0.6 is 0 Å². The average molecular weight is 237 g/mol. The van der Waals surface area contributed by atoms with Crippen molar-refractivity contribution < 1.29 is 15.0 Å². The van der Waals surface area contributed by atoms with E-state index in [0.717, 1.165) is 19.4 Å². The normalized spacial score (nSPS) is 20.4. The molecule has 2 heterocycles. The number of β-amino-alcohol motifs (C(OH)–C–C–N with tert-alkyl or cyclic N) is 1. The molecule has 1 unspecified atom stereocenters. The first-order valence-electron chi connectivity index (χ1n) is 5.58. The molecule has 1 saturated heterocycles. The van der Waals surface area contributed by atoms with Gasteiger partial charge in [-0.25, -0.2) is 14.8 Å². The van der Waals surface area contributed by atoms with E-state index in [-0.39, 0.29) is 11.8 Å². The molecule has 0 saturated carbocycles. The van der Waals surface area contributed by atoms with Gasteiger partial charge in [-0.1, -0.05) is 0 Å². The summed E-state index contributed by atoms with van der Waals surface area (Å²) in [5.74, 6) is -0.417. The zero-order valence-corrected chi connectivity index (χ0v) is 9.63. The van der Waals surface area contributed by atoms with E-state index in [0.29, 0.717) is 18.1 Å². The van der Waals surface area contributed by atoms with Gasteiger partial charge in [-0.05, 0) is 19.8 Å². The summed E-state index contributed by atoms with van der Waals surface area (Å²) in [5.41, 5.74) is 0.530. The van der Waals surface area contributed by atoms with Crippen molar-refractivity contribution in [2.45, 2.75) is 25.9 Å². The summed E-state index contributed by atoms with van der Waals surface area (Å²) in [5, 5.41) is 18.4. The fourth-order valence-electron chi connectivity index (χ4n) is 2.04. The first-order valence-corrected chi connectivity index (χ1v) is 5.58. The molecule has 0 aromatic carbocycles. The molecule has 0 amide bonds. The van der Waals surface area contributed by atoms with Crippen molar-refractivity contribution in [1.82, 2.24) is 9.97 Å². The topological polar surface area (TPSA) is 86.5 Å². The predicted octanol–water partition coefficient (Wildman–Crippen LogP) is 0.444. The van der Waals surface area contributed by atoms with E-state index in [2.05, 4.69) is 9.97 Å². The molecule has 2 rings (SSSR count). The molecule has 2 N–H and O–H groups in total. The summed E-state index contributed by atoms with van der Waals surface area (Å²) in [6, 6.07) is 0. The van der Waals surface area contributed by atoms with Crippen LogP contribution in [-0.4, -0.2) is 45.3 Å². The molecule has 0 radical (unpaired) electrons. The minimum Gasteiger partial charge on any atom is -0.476 e. The van der Waals surface area contributed by atoms with Gasteiger partial charge in [0.25, 0.3) is 0 Å². The van der Waals surface area contributed by atoms with Crippen LogP contribution in [0.1, 0.15) is 29.0 Å². The monoisotopic (exact) mass is 237 g/mol. The van der Waals surface area contributed by atoms with E-state index in [4.69, 9.17) is 5.11 Å². The molecular formula is C11H15N3O3. The standard InChI is InChI=1S/C11H15N3O3/c1-7-10(12-5-9(13-7)11(16)17)14-4-2-3-8(15)6-14/h5,8,15H,2-4,6H2,1H3,(H,16,17). The van der Waals surface area contributed by atoms with Gasteiger partial charge in [0, 0.05) is 13.1 Å². The molecule has 92 valence electrons. The number of aliphatic hydroxyl groups is 1. The number of piperidine rings is 1. The van der Waals surface area contributed by atoms with Gasteiger partial charge in [-0.2, -0.15) is 0 Å². The van der Waals surface area contributed by atoms with Gasteiger partial charge in [0.2, 0.25) is 0 Å². The third kappa shape index (κ3) is 2.52. The number of hydrogen-bond acceptors (Lipinski definition) is 5. The molecule has 0 bridgehead atoms. The Balaban J connectivity index is 2.23. The maximum atomic E-state index is 10.7. The van der Waals surface area contributed by atoms with Crippen molar-refractivity contribution in [2.24, 2.45) is 0 Å². The van der Waals surface area contributed by atoms with E-state index in [1.165, 1.54) is 6.20 Å². The number of aromatic nitrogens is 2. The first kappa shape index (κ1) is 11.8. The number of carbonyl (C=O) groups is 1. The van der Waals surface area contributed by atoms with E-state index >= 15 is 0 Å². The Kier molecular flexibility index (Phi) is 3.23. The van der Waals surface area contributed by atoms with Gasteiger partial charge in [0.1, 0.15) is 5.82 Å². The highest BCUT2D eigenvalue weighted by molar-refractivity contribution is 5.85. The van der Waals surface area contributed by atoms with Gasteiger partial charge < -0.3 is 15.1 Å². The van der Waals surface area contributed by atoms with Crippen LogP contribution in [0.5, 0.6) is 0 Å². The van der Waals surface area contributed by atoms with Crippen LogP contribution in [0.15, 0.2) is 6.20 Å². The highest BCUT2D eigenvalue weighted by Crippen LogP contribution is 2.20. The SMILES string of the molecule is Cc1nc(C(=O)O)cnc1N1CCCC(O)C1. The number of anilines is 1. The summed E-state index contributed by atoms with van der Waals surface area (Å²) in [6.45, 7) is 3.08. The maximum Gasteiger partial charge on any atom is 0.356 e. The Morgan fingerprint density at radius 3 is 2.94 bits per heavy atom. The molecule has 1 fully saturated rings. The van der Waals surface area contributed by atoms with Crippen LogP contribution < -0.4 is 4.90 Å². The third-order valence-electron chi connectivity index (χ3n) is 2.84. The van der Waals surface area contributed by atoms with E-state index in [9.17, 15) is 9.90 Å². The lowest BCUT2D eigenvalue weighted by Gasteiger charge is -2.31. The Morgan fingerprint density at radius 2 is 2.35 bits per heavy atom. The minimum atomic E-state index is -1.08. The Morgan fingerprint density at radius 1 is 1.59 bits per heavy atom. The lowest BCUT2D eigenvalue weighted by atomic mass is 10.1. The van der Waals surface area contributed by atoms with Gasteiger partial charge in [-0.3, -0.25) is 0 Å². The van der Waals surface area contributed by atoms with Gasteiger partial charge in [0.05, 0.1) is 18.0 Å². The number of aliphatic hydroxyl groups excluding tert-OH is 1. The lowest BCUT2D eigenvalue weighted by Crippen LogP contribution is -2.39. The molecule has 0 aliphatic carbocycles. The number of carboxylic acid groups (broad SMARTS) is 1. The largest absolute Gasteiger partial charge is 0.476 e. The van der Waals surface area contributed by atoms with Gasteiger partial charge in [-0.15, -0.1) is 0 Å². The van der Waals surface area contributed by atoms with Crippen LogP contribution in [-0.2, 0) is 0 Å². The van der Waals surface area contributed by atoms with Crippen LogP contribution in [0.4, 0.5) is 5.82 Å². The smallest absolute Gasteiger partial charge is 0.356 e. The van der Waals surface area contributed by atoms with Gasteiger partial charge >= 0.3 is 5.97 Å². The first-order chi connectivity index (χ1) is 8.08. The van der Waals surface area contributed by atoms with E-state index in [1.807, 2.05) is 4.90 Å². The van der Waals surface area contributed by atoms with Gasteiger partial charge in [0.15, 0.2) is 5.69 Å². The molecule has 0 spiro atoms. The second-order valence-electron chi connectivity index (χ2n) is 4.21. The summed E-state index contributed by atoms with van der Waals surface area (Å²) in [6.07, 6.45) is 2.62. The number of aryl methyl sites for hydroxylation is 1. The maximum absolute atomic E-state index is 10.7. The van der Waals surface area contributed by atoms with Crippen LogP contribution in [0.3, 0.4) is 0 Å². The number of hydrogen-bond donors (Lipinski definition) is 2. The van der Waals surface area contributed by atoms with Crippen molar-refractivity contribution >= 4 is 11.8 Å². The zero-order chi connectivity index (χ0) is 12.4. The zero-order valence-electron chi connectivity index (χ0n) is 9.63. The molecule has 1 aliphatic rings. The van der Waals surface area contributed by atoms with Crippen LogP contribution in [0.25, 0.3) is 0 Å². The lowest BCUT2D eigenvalue weighted by molar-refractivity contribution is 0.0689. The average Bonchev–Trinajstić information content (AvgIpc) is 2.28. The van der Waals surface area contributed by atoms with Crippen molar-refractivity contribution in [3.8, 4) is 0 Å². The number of rotatable bonds is 2. The number of nitrogens with zero attached hydrogens (tertiary/aromatic N) is 3. The molecule has 1 aromatic rings. The molecular weight excluding hydrogens is 222 g/mol. The third-order valence-corrected chi connectivity index (χ3v) is 2.84. The van der Waals surface area contributed by atoms with Crippen molar-refractivity contribution in [3.63, 3.8) is 0 Å². The Hall–Kier alpha value is -1.69. The molecule has 1 aromatic heterocycles. The summed E-state index contributed by atoms with van der Waals surface area (Å²) < 4.78 is 0. The van der Waals surface area contributed by atoms with Crippen molar-refractivity contribution in [1.29, 1.82) is 0 Å². The second kappa shape index (κ2) is 4.67. The molecule has 17 heavy (non-hydrogen) atoms. The highest BCUT2D eigenvalue weighted by atomic mass is 16.4. The van der Waals surface area contributed by atoms with Crippen molar-refractivity contribution in [2.75, 3.05) is 18.0 Å². The molecule has 6 heteroatoms. The fraction of sp³-hybridized carbons (Fsp3) is 0.545. The number of carboxylic acids is 1. The van der Waals surface area contributed by atoms with E-state index < -0.39 is 5.97 Å². The molecule has 6 nitrogen and oxygen atoms in total. The number of aromatic carboxylic acids is 1. The quantitative estimate of drug-likeness (QED) is 0.776. The summed E-state index contributed by atoms with van der Waals surface area (Å²) in [4.78, 5) is 20.8. The molecule has 1 aliphatic heterocycles. The van der Waals surface area contributed by atoms with Crippen molar-refractivity contribution in [3.05, 3.63) is 17.6 Å². The highest BCUT2D eigenvalue weighted by Gasteiger charge is 2.21. The fourth-order valence-corrected chi connectivity index (χ4v) is 2.04. The Bertz CT molecular complexity index is 436. The minimum absolute atomic E-state index is 0.0520. The Labute approximate surface area is 98.9 Å². The molecule has 1 atom stereocenters. The van der Waals surface area contributed by atoms with Crippen LogP contribution in [0, 0.1) is 6.92 Å². The summed E-state index contributed by atoms with van der Waals surface area (Å²) in [7, 11) is 0. The van der Waals surface area contributed by atoms with E-state index in [1.54, 1.807) is 6.92 Å².